The number of carbonyl (C=O) groups excluding carboxylic acids is 3. The highest BCUT2D eigenvalue weighted by atomic mass is 16.6. The van der Waals surface area contributed by atoms with Gasteiger partial charge in [-0.25, -0.2) is 0 Å². The van der Waals surface area contributed by atoms with Crippen LogP contribution in [0.1, 0.15) is 245 Å². The van der Waals surface area contributed by atoms with Gasteiger partial charge in [-0.2, -0.15) is 0 Å². The van der Waals surface area contributed by atoms with E-state index in [1.807, 2.05) is 0 Å². The minimum atomic E-state index is -0.799. The van der Waals surface area contributed by atoms with Crippen molar-refractivity contribution in [3.8, 4) is 0 Å². The molecule has 0 rings (SSSR count). The molecular formula is C56H96O6. The third-order valence-corrected chi connectivity index (χ3v) is 10.9. The molecule has 0 aliphatic carbocycles. The predicted molar refractivity (Wildman–Crippen MR) is 265 cm³/mol. The molecule has 0 amide bonds. The van der Waals surface area contributed by atoms with Gasteiger partial charge in [0.2, 0.25) is 0 Å². The van der Waals surface area contributed by atoms with Gasteiger partial charge in [-0.15, -0.1) is 0 Å². The fourth-order valence-corrected chi connectivity index (χ4v) is 7.01. The normalized spacial score (nSPS) is 12.6. The second-order valence-electron chi connectivity index (χ2n) is 17.0. The van der Waals surface area contributed by atoms with Crippen LogP contribution in [0.15, 0.2) is 72.9 Å². The summed E-state index contributed by atoms with van der Waals surface area (Å²) in [6.07, 6.45) is 63.1. The Labute approximate surface area is 382 Å². The van der Waals surface area contributed by atoms with Gasteiger partial charge in [-0.1, -0.05) is 190 Å². The highest BCUT2D eigenvalue weighted by Gasteiger charge is 2.19. The summed E-state index contributed by atoms with van der Waals surface area (Å²) in [5.41, 5.74) is 0. The van der Waals surface area contributed by atoms with Crippen molar-refractivity contribution in [1.82, 2.24) is 0 Å². The van der Waals surface area contributed by atoms with Gasteiger partial charge in [0.1, 0.15) is 13.2 Å². The zero-order valence-corrected chi connectivity index (χ0v) is 40.6. The Morgan fingerprint density at radius 3 is 1.03 bits per heavy atom. The number of hydrogen-bond donors (Lipinski definition) is 0. The SMILES string of the molecule is CC/C=C\C/C=C\C/C=C\C/C=C\CCCCC(=O)OCC(COC(=O)CCCCCCC/C=C\CCCCCCC)OC(=O)CCCCCCC/C=C\CCCCCCCC. The standard InChI is InChI=1S/C56H96O6/c1-4-7-10-13-16-19-22-25-28-31-34-37-40-43-46-49-55(58)61-52-53(51-60-54(57)48-45-42-39-36-33-30-27-24-21-18-15-12-9-6-3)62-56(59)50-47-44-41-38-35-32-29-26-23-20-17-14-11-8-5-2/h7,10,16,19,24-29,34,37,53H,4-6,8-9,11-15,17-18,20-23,30-33,35-36,38-52H2,1-3H3/b10-7-,19-16-,27-24-,28-25-,29-26-,37-34-. The van der Waals surface area contributed by atoms with Crippen LogP contribution in [0.3, 0.4) is 0 Å². The van der Waals surface area contributed by atoms with E-state index in [4.69, 9.17) is 14.2 Å². The minimum absolute atomic E-state index is 0.0962. The molecule has 1 unspecified atom stereocenters. The van der Waals surface area contributed by atoms with Crippen LogP contribution in [0.4, 0.5) is 0 Å². The maximum Gasteiger partial charge on any atom is 0.306 e. The maximum absolute atomic E-state index is 12.8. The monoisotopic (exact) mass is 865 g/mol. The third-order valence-electron chi connectivity index (χ3n) is 10.9. The fraction of sp³-hybridized carbons (Fsp3) is 0.732. The Morgan fingerprint density at radius 2 is 0.629 bits per heavy atom. The molecule has 0 bridgehead atoms. The lowest BCUT2D eigenvalue weighted by Gasteiger charge is -2.18. The molecule has 0 saturated carbocycles. The summed E-state index contributed by atoms with van der Waals surface area (Å²) in [7, 11) is 0. The first kappa shape index (κ1) is 58.9. The number of ether oxygens (including phenoxy) is 3. The van der Waals surface area contributed by atoms with Crippen molar-refractivity contribution in [2.45, 2.75) is 252 Å². The lowest BCUT2D eigenvalue weighted by molar-refractivity contribution is -0.167. The molecule has 0 saturated heterocycles. The molecular weight excluding hydrogens is 769 g/mol. The van der Waals surface area contributed by atoms with Crippen LogP contribution in [0.5, 0.6) is 0 Å². The van der Waals surface area contributed by atoms with Crippen LogP contribution in [-0.4, -0.2) is 37.2 Å². The summed E-state index contributed by atoms with van der Waals surface area (Å²) in [5, 5.41) is 0. The van der Waals surface area contributed by atoms with Gasteiger partial charge in [-0.05, 0) is 109 Å². The smallest absolute Gasteiger partial charge is 0.306 e. The van der Waals surface area contributed by atoms with E-state index in [9.17, 15) is 14.4 Å². The van der Waals surface area contributed by atoms with E-state index in [0.717, 1.165) is 103 Å². The molecule has 0 heterocycles. The Morgan fingerprint density at radius 1 is 0.339 bits per heavy atom. The zero-order chi connectivity index (χ0) is 45.1. The van der Waals surface area contributed by atoms with E-state index >= 15 is 0 Å². The lowest BCUT2D eigenvalue weighted by atomic mass is 10.1. The van der Waals surface area contributed by atoms with Gasteiger partial charge >= 0.3 is 17.9 Å². The van der Waals surface area contributed by atoms with Crippen LogP contribution in [0, 0.1) is 0 Å². The number of allylic oxidation sites excluding steroid dienone is 12. The summed E-state index contributed by atoms with van der Waals surface area (Å²) in [4.78, 5) is 38.0. The molecule has 0 N–H and O–H groups in total. The van der Waals surface area contributed by atoms with Crippen molar-refractivity contribution in [2.24, 2.45) is 0 Å². The van der Waals surface area contributed by atoms with Gasteiger partial charge in [0.25, 0.3) is 0 Å². The van der Waals surface area contributed by atoms with Crippen LogP contribution < -0.4 is 0 Å². The number of esters is 3. The quantitative estimate of drug-likeness (QED) is 0.0262. The number of carbonyl (C=O) groups is 3. The van der Waals surface area contributed by atoms with Crippen LogP contribution >= 0.6 is 0 Å². The average Bonchev–Trinajstić information content (AvgIpc) is 3.27. The summed E-state index contributed by atoms with van der Waals surface area (Å²) < 4.78 is 16.8. The van der Waals surface area contributed by atoms with E-state index < -0.39 is 6.10 Å². The van der Waals surface area contributed by atoms with E-state index in [1.165, 1.54) is 103 Å². The Balaban J connectivity index is 4.47. The van der Waals surface area contributed by atoms with E-state index in [-0.39, 0.29) is 31.1 Å². The molecule has 0 spiro atoms. The van der Waals surface area contributed by atoms with Crippen molar-refractivity contribution in [3.05, 3.63) is 72.9 Å². The van der Waals surface area contributed by atoms with Gasteiger partial charge in [0.05, 0.1) is 0 Å². The zero-order valence-electron chi connectivity index (χ0n) is 40.6. The molecule has 0 radical (unpaired) electrons. The second kappa shape index (κ2) is 50.5. The average molecular weight is 865 g/mol. The first-order valence-corrected chi connectivity index (χ1v) is 25.9. The van der Waals surface area contributed by atoms with Gasteiger partial charge in [0, 0.05) is 19.3 Å². The Hall–Kier alpha value is -3.15. The molecule has 6 heteroatoms. The molecule has 356 valence electrons. The van der Waals surface area contributed by atoms with Crippen molar-refractivity contribution in [3.63, 3.8) is 0 Å². The summed E-state index contributed by atoms with van der Waals surface area (Å²) in [6, 6.07) is 0. The van der Waals surface area contributed by atoms with Crippen molar-refractivity contribution in [2.75, 3.05) is 13.2 Å². The van der Waals surface area contributed by atoms with Crippen molar-refractivity contribution < 1.29 is 28.6 Å². The van der Waals surface area contributed by atoms with Gasteiger partial charge in [0.15, 0.2) is 6.10 Å². The Kier molecular flexibility index (Phi) is 47.9. The van der Waals surface area contributed by atoms with E-state index in [0.29, 0.717) is 19.3 Å². The maximum atomic E-state index is 12.8. The largest absolute Gasteiger partial charge is 0.462 e. The number of rotatable bonds is 46. The van der Waals surface area contributed by atoms with Gasteiger partial charge < -0.3 is 14.2 Å². The second-order valence-corrected chi connectivity index (χ2v) is 17.0. The summed E-state index contributed by atoms with van der Waals surface area (Å²) in [6.45, 7) is 6.46. The molecule has 1 atom stereocenters. The molecule has 0 aromatic rings. The molecule has 0 aromatic carbocycles. The molecule has 0 aromatic heterocycles. The fourth-order valence-electron chi connectivity index (χ4n) is 7.01. The molecule has 0 fully saturated rings. The Bertz CT molecular complexity index is 1180. The highest BCUT2D eigenvalue weighted by molar-refractivity contribution is 5.71. The molecule has 6 nitrogen and oxygen atoms in total. The third kappa shape index (κ3) is 47.9. The van der Waals surface area contributed by atoms with Gasteiger partial charge in [-0.3, -0.25) is 14.4 Å². The minimum Gasteiger partial charge on any atom is -0.462 e. The summed E-state index contributed by atoms with van der Waals surface area (Å²) >= 11 is 0. The van der Waals surface area contributed by atoms with Crippen LogP contribution in [-0.2, 0) is 28.6 Å². The molecule has 0 aliphatic rings. The first-order chi connectivity index (χ1) is 30.5. The first-order valence-electron chi connectivity index (χ1n) is 25.9. The van der Waals surface area contributed by atoms with Crippen molar-refractivity contribution >= 4 is 17.9 Å². The topological polar surface area (TPSA) is 78.9 Å². The van der Waals surface area contributed by atoms with Crippen LogP contribution in [0.2, 0.25) is 0 Å². The van der Waals surface area contributed by atoms with Crippen molar-refractivity contribution in [1.29, 1.82) is 0 Å². The lowest BCUT2D eigenvalue weighted by Crippen LogP contribution is -2.30. The molecule has 0 aliphatic heterocycles. The predicted octanol–water partition coefficient (Wildman–Crippen LogP) is 17.0. The van der Waals surface area contributed by atoms with E-state index in [2.05, 4.69) is 93.7 Å². The van der Waals surface area contributed by atoms with E-state index in [1.54, 1.807) is 0 Å². The number of hydrogen-bond acceptors (Lipinski definition) is 6. The molecule has 62 heavy (non-hydrogen) atoms. The van der Waals surface area contributed by atoms with Crippen LogP contribution in [0.25, 0.3) is 0 Å². The highest BCUT2D eigenvalue weighted by Crippen LogP contribution is 2.13. The summed E-state index contributed by atoms with van der Waals surface area (Å²) in [5.74, 6) is -0.954. The number of unbranched alkanes of at least 4 members (excludes halogenated alkanes) is 23.